The molecule has 1 saturated carbocycles. The molecule has 1 fully saturated rings. The second-order valence-electron chi connectivity index (χ2n) is 4.75. The Kier molecular flexibility index (Phi) is 3.45. The maximum absolute atomic E-state index is 9.20. The van der Waals surface area contributed by atoms with Crippen molar-refractivity contribution in [3.8, 4) is 12.1 Å². The molecule has 2 rings (SSSR count). The van der Waals surface area contributed by atoms with E-state index in [0.29, 0.717) is 5.92 Å². The summed E-state index contributed by atoms with van der Waals surface area (Å²) in [6.45, 7) is 3.73. The minimum atomic E-state index is -0.679. The number of hydrogen-bond acceptors (Lipinski definition) is 5. The standard InChI is InChI=1S/C13H14N4S/c1-9-7-18-12(17-9)10(5-14)6-16-13(2,8-15)11-3-4-11/h6-7,10-11H,3-4H2,1-2H3/t10-,13+/m1/s1. The van der Waals surface area contributed by atoms with Crippen LogP contribution < -0.4 is 0 Å². The summed E-state index contributed by atoms with van der Waals surface area (Å²) in [5, 5.41) is 21.0. The van der Waals surface area contributed by atoms with Gasteiger partial charge in [0.2, 0.25) is 0 Å². The van der Waals surface area contributed by atoms with E-state index in [1.807, 2.05) is 19.2 Å². The van der Waals surface area contributed by atoms with Crippen molar-refractivity contribution in [3.05, 3.63) is 16.1 Å². The molecule has 0 saturated heterocycles. The SMILES string of the molecule is Cc1csc([C@H](C#N)C=N[C@@](C)(C#N)C2CC2)n1. The molecule has 2 atom stereocenters. The van der Waals surface area contributed by atoms with Gasteiger partial charge in [-0.15, -0.1) is 11.3 Å². The maximum Gasteiger partial charge on any atom is 0.146 e. The Balaban J connectivity index is 2.16. The number of aryl methyl sites for hydroxylation is 1. The summed E-state index contributed by atoms with van der Waals surface area (Å²) in [6.07, 6.45) is 3.68. The monoisotopic (exact) mass is 258 g/mol. The Morgan fingerprint density at radius 3 is 2.78 bits per heavy atom. The topological polar surface area (TPSA) is 72.8 Å². The number of thiazole rings is 1. The summed E-state index contributed by atoms with van der Waals surface area (Å²) in [6, 6.07) is 4.43. The zero-order valence-electron chi connectivity index (χ0n) is 10.4. The quantitative estimate of drug-likeness (QED) is 0.779. The van der Waals surface area contributed by atoms with E-state index >= 15 is 0 Å². The van der Waals surface area contributed by atoms with Crippen LogP contribution in [0.15, 0.2) is 10.4 Å². The van der Waals surface area contributed by atoms with Crippen molar-refractivity contribution in [2.24, 2.45) is 10.9 Å². The predicted octanol–water partition coefficient (Wildman–Crippen LogP) is 2.82. The second kappa shape index (κ2) is 4.88. The van der Waals surface area contributed by atoms with Crippen LogP contribution in [0.5, 0.6) is 0 Å². The van der Waals surface area contributed by atoms with E-state index in [4.69, 9.17) is 5.26 Å². The Bertz CT molecular complexity index is 544. The number of rotatable bonds is 4. The number of nitriles is 2. The molecule has 0 aliphatic heterocycles. The number of aromatic nitrogens is 1. The van der Waals surface area contributed by atoms with E-state index < -0.39 is 11.5 Å². The molecule has 1 aromatic heterocycles. The van der Waals surface area contributed by atoms with Crippen LogP contribution in [0.3, 0.4) is 0 Å². The normalized spacial score (nSPS) is 20.0. The molecule has 0 radical (unpaired) electrons. The summed E-state index contributed by atoms with van der Waals surface area (Å²) >= 11 is 1.46. The molecule has 1 aliphatic carbocycles. The molecule has 0 bridgehead atoms. The lowest BCUT2D eigenvalue weighted by Crippen LogP contribution is -2.22. The first-order chi connectivity index (χ1) is 8.59. The molecule has 0 amide bonds. The summed E-state index contributed by atoms with van der Waals surface area (Å²) in [5.41, 5.74) is 0.232. The largest absolute Gasteiger partial charge is 0.274 e. The van der Waals surface area contributed by atoms with Crippen molar-refractivity contribution < 1.29 is 0 Å². The molecule has 18 heavy (non-hydrogen) atoms. The average molecular weight is 258 g/mol. The molecule has 4 nitrogen and oxygen atoms in total. The third kappa shape index (κ3) is 2.57. The Hall–Kier alpha value is -1.72. The van der Waals surface area contributed by atoms with E-state index in [-0.39, 0.29) is 0 Å². The lowest BCUT2D eigenvalue weighted by Gasteiger charge is -2.15. The van der Waals surface area contributed by atoms with E-state index in [1.165, 1.54) is 11.3 Å². The zero-order chi connectivity index (χ0) is 13.2. The van der Waals surface area contributed by atoms with Crippen LogP contribution in [-0.4, -0.2) is 16.7 Å². The van der Waals surface area contributed by atoms with Crippen molar-refractivity contribution in [1.82, 2.24) is 4.98 Å². The van der Waals surface area contributed by atoms with Crippen molar-refractivity contribution in [2.45, 2.75) is 38.1 Å². The first kappa shape index (κ1) is 12.7. The van der Waals surface area contributed by atoms with E-state index in [2.05, 4.69) is 22.1 Å². The molecule has 1 aliphatic rings. The number of nitrogens with zero attached hydrogens (tertiary/aromatic N) is 4. The predicted molar refractivity (Wildman–Crippen MR) is 70.4 cm³/mol. The van der Waals surface area contributed by atoms with Gasteiger partial charge in [-0.1, -0.05) is 0 Å². The van der Waals surface area contributed by atoms with Gasteiger partial charge >= 0.3 is 0 Å². The fourth-order valence-corrected chi connectivity index (χ4v) is 2.57. The highest BCUT2D eigenvalue weighted by Gasteiger charge is 2.41. The van der Waals surface area contributed by atoms with Gasteiger partial charge in [-0.25, -0.2) is 4.98 Å². The van der Waals surface area contributed by atoms with Crippen molar-refractivity contribution in [1.29, 1.82) is 10.5 Å². The van der Waals surface area contributed by atoms with Gasteiger partial charge in [0, 0.05) is 17.3 Å². The van der Waals surface area contributed by atoms with Gasteiger partial charge < -0.3 is 0 Å². The van der Waals surface area contributed by atoms with Gasteiger partial charge in [-0.3, -0.25) is 4.99 Å². The molecule has 0 spiro atoms. The van der Waals surface area contributed by atoms with Gasteiger partial charge in [0.1, 0.15) is 16.5 Å². The first-order valence-corrected chi connectivity index (χ1v) is 6.75. The van der Waals surface area contributed by atoms with Crippen molar-refractivity contribution in [2.75, 3.05) is 0 Å². The molecule has 0 aromatic carbocycles. The van der Waals surface area contributed by atoms with E-state index in [1.54, 1.807) is 6.21 Å². The van der Waals surface area contributed by atoms with Crippen LogP contribution in [-0.2, 0) is 0 Å². The van der Waals surface area contributed by atoms with Gasteiger partial charge in [-0.05, 0) is 32.6 Å². The van der Waals surface area contributed by atoms with Gasteiger partial charge in [0.15, 0.2) is 0 Å². The number of hydrogen-bond donors (Lipinski definition) is 0. The molecular weight excluding hydrogens is 244 g/mol. The van der Waals surface area contributed by atoms with E-state index in [9.17, 15) is 5.26 Å². The summed E-state index contributed by atoms with van der Waals surface area (Å²) in [5.74, 6) is -0.105. The highest BCUT2D eigenvalue weighted by Crippen LogP contribution is 2.41. The molecule has 5 heteroatoms. The smallest absolute Gasteiger partial charge is 0.146 e. The molecule has 0 N–H and O–H groups in total. The second-order valence-corrected chi connectivity index (χ2v) is 5.64. The van der Waals surface area contributed by atoms with Crippen LogP contribution in [0.4, 0.5) is 0 Å². The molecule has 1 heterocycles. The van der Waals surface area contributed by atoms with Crippen LogP contribution in [0, 0.1) is 35.5 Å². The van der Waals surface area contributed by atoms with Crippen LogP contribution in [0.1, 0.15) is 36.4 Å². The highest BCUT2D eigenvalue weighted by atomic mass is 32.1. The van der Waals surface area contributed by atoms with Gasteiger partial charge in [-0.2, -0.15) is 10.5 Å². The molecule has 92 valence electrons. The van der Waals surface area contributed by atoms with Crippen molar-refractivity contribution in [3.63, 3.8) is 0 Å². The minimum Gasteiger partial charge on any atom is -0.274 e. The first-order valence-electron chi connectivity index (χ1n) is 5.87. The fraction of sp³-hybridized carbons (Fsp3) is 0.538. The molecule has 1 aromatic rings. The number of aliphatic imine (C=N–C) groups is 1. The summed E-state index contributed by atoms with van der Waals surface area (Å²) in [7, 11) is 0. The summed E-state index contributed by atoms with van der Waals surface area (Å²) in [4.78, 5) is 8.64. The molecular formula is C13H14N4S. The minimum absolute atomic E-state index is 0.344. The lowest BCUT2D eigenvalue weighted by molar-refractivity contribution is 0.527. The third-order valence-electron chi connectivity index (χ3n) is 3.13. The van der Waals surface area contributed by atoms with Crippen LogP contribution >= 0.6 is 11.3 Å². The van der Waals surface area contributed by atoms with Crippen LogP contribution in [0.2, 0.25) is 0 Å². The average Bonchev–Trinajstić information content (AvgIpc) is 3.14. The Morgan fingerprint density at radius 2 is 2.33 bits per heavy atom. The van der Waals surface area contributed by atoms with Gasteiger partial charge in [0.25, 0.3) is 0 Å². The molecule has 0 unspecified atom stereocenters. The third-order valence-corrected chi connectivity index (χ3v) is 4.18. The Labute approximate surface area is 111 Å². The maximum atomic E-state index is 9.20. The fourth-order valence-electron chi connectivity index (χ4n) is 1.77. The lowest BCUT2D eigenvalue weighted by atomic mass is 9.99. The Morgan fingerprint density at radius 1 is 1.61 bits per heavy atom. The highest BCUT2D eigenvalue weighted by molar-refractivity contribution is 7.09. The zero-order valence-corrected chi connectivity index (χ0v) is 11.2. The van der Waals surface area contributed by atoms with E-state index in [0.717, 1.165) is 23.5 Å². The van der Waals surface area contributed by atoms with Crippen molar-refractivity contribution >= 4 is 17.6 Å². The van der Waals surface area contributed by atoms with Crippen LogP contribution in [0.25, 0.3) is 0 Å². The summed E-state index contributed by atoms with van der Waals surface area (Å²) < 4.78 is 0. The van der Waals surface area contributed by atoms with Gasteiger partial charge in [0.05, 0.1) is 12.1 Å².